The van der Waals surface area contributed by atoms with Gasteiger partial charge in [0.1, 0.15) is 13.2 Å². The number of thioether (sulfide) groups is 1. The van der Waals surface area contributed by atoms with E-state index in [-0.39, 0.29) is 35.8 Å². The minimum absolute atomic E-state index is 0.0887. The summed E-state index contributed by atoms with van der Waals surface area (Å²) in [6, 6.07) is 0. The summed E-state index contributed by atoms with van der Waals surface area (Å²) in [5.74, 6) is -1.29. The van der Waals surface area contributed by atoms with E-state index in [1.54, 1.807) is 0 Å². The standard InChI is InChI=1S/C10H16N4O5S/c1-19-3-2-11-8(16)4-14-7(5-15)12-13-10(14)20-6-9(17)18/h15H,2-6H2,1H3,(H,11,16)(H,17,18). The van der Waals surface area contributed by atoms with Crippen LogP contribution in [0.5, 0.6) is 0 Å². The highest BCUT2D eigenvalue weighted by Gasteiger charge is 2.15. The number of hydrogen-bond donors (Lipinski definition) is 3. The summed E-state index contributed by atoms with van der Waals surface area (Å²) in [6.07, 6.45) is 0. The van der Waals surface area contributed by atoms with Crippen molar-refractivity contribution in [2.75, 3.05) is 26.0 Å². The van der Waals surface area contributed by atoms with Gasteiger partial charge >= 0.3 is 5.97 Å². The number of ether oxygens (including phenoxy) is 1. The van der Waals surface area contributed by atoms with E-state index in [1.807, 2.05) is 0 Å². The average Bonchev–Trinajstić information content (AvgIpc) is 2.78. The summed E-state index contributed by atoms with van der Waals surface area (Å²) in [6.45, 7) is 0.283. The molecule has 0 saturated heterocycles. The Kier molecular flexibility index (Phi) is 6.98. The van der Waals surface area contributed by atoms with Crippen LogP contribution >= 0.6 is 11.8 Å². The molecule has 1 heterocycles. The molecule has 0 aliphatic heterocycles. The third-order valence-corrected chi connectivity index (χ3v) is 3.14. The van der Waals surface area contributed by atoms with Crippen LogP contribution in [-0.2, 0) is 27.5 Å². The fourth-order valence-electron chi connectivity index (χ4n) is 1.32. The van der Waals surface area contributed by atoms with Gasteiger partial charge < -0.3 is 20.3 Å². The summed E-state index contributed by atoms with van der Waals surface area (Å²) >= 11 is 0.936. The highest BCUT2D eigenvalue weighted by atomic mass is 32.2. The Bertz CT molecular complexity index is 465. The van der Waals surface area contributed by atoms with Crippen molar-refractivity contribution in [1.82, 2.24) is 20.1 Å². The molecule has 3 N–H and O–H groups in total. The molecule has 0 fully saturated rings. The van der Waals surface area contributed by atoms with Crippen molar-refractivity contribution in [3.8, 4) is 0 Å². The van der Waals surface area contributed by atoms with E-state index in [2.05, 4.69) is 15.5 Å². The van der Waals surface area contributed by atoms with Crippen molar-refractivity contribution in [3.05, 3.63) is 5.82 Å². The van der Waals surface area contributed by atoms with Crippen LogP contribution in [0.1, 0.15) is 5.82 Å². The molecule has 1 amide bonds. The zero-order valence-electron chi connectivity index (χ0n) is 10.9. The van der Waals surface area contributed by atoms with Crippen LogP contribution in [0.4, 0.5) is 0 Å². The van der Waals surface area contributed by atoms with Gasteiger partial charge in [0.25, 0.3) is 0 Å². The maximum Gasteiger partial charge on any atom is 0.313 e. The zero-order valence-corrected chi connectivity index (χ0v) is 11.7. The average molecular weight is 304 g/mol. The van der Waals surface area contributed by atoms with Gasteiger partial charge in [-0.2, -0.15) is 0 Å². The van der Waals surface area contributed by atoms with Crippen molar-refractivity contribution in [3.63, 3.8) is 0 Å². The monoisotopic (exact) mass is 304 g/mol. The number of aliphatic carboxylic acids is 1. The van der Waals surface area contributed by atoms with Crippen LogP contribution in [-0.4, -0.2) is 62.9 Å². The quantitative estimate of drug-likeness (QED) is 0.380. The Morgan fingerprint density at radius 3 is 2.80 bits per heavy atom. The van der Waals surface area contributed by atoms with E-state index in [4.69, 9.17) is 14.9 Å². The molecule has 0 aliphatic rings. The van der Waals surface area contributed by atoms with Crippen LogP contribution in [0.25, 0.3) is 0 Å². The predicted octanol–water partition coefficient (Wildman–Crippen LogP) is -1.29. The van der Waals surface area contributed by atoms with Crippen LogP contribution in [0.15, 0.2) is 5.16 Å². The second kappa shape index (κ2) is 8.51. The van der Waals surface area contributed by atoms with Gasteiger partial charge in [-0.1, -0.05) is 11.8 Å². The molecule has 0 spiro atoms. The van der Waals surface area contributed by atoms with Crippen molar-refractivity contribution in [2.45, 2.75) is 18.3 Å². The predicted molar refractivity (Wildman–Crippen MR) is 69.2 cm³/mol. The van der Waals surface area contributed by atoms with E-state index in [1.165, 1.54) is 11.7 Å². The number of rotatable bonds is 9. The highest BCUT2D eigenvalue weighted by Crippen LogP contribution is 2.16. The Hall–Kier alpha value is -1.65. The topological polar surface area (TPSA) is 127 Å². The van der Waals surface area contributed by atoms with Crippen LogP contribution in [0.2, 0.25) is 0 Å². The number of carbonyl (C=O) groups is 2. The lowest BCUT2D eigenvalue weighted by atomic mass is 10.5. The fourth-order valence-corrected chi connectivity index (χ4v) is 2.00. The smallest absolute Gasteiger partial charge is 0.313 e. The first-order valence-corrected chi connectivity index (χ1v) is 6.70. The van der Waals surface area contributed by atoms with Gasteiger partial charge in [-0.25, -0.2) is 0 Å². The summed E-state index contributed by atoms with van der Waals surface area (Å²) < 4.78 is 6.19. The molecule has 0 bridgehead atoms. The molecule has 0 aliphatic carbocycles. The number of aliphatic hydroxyl groups is 1. The van der Waals surface area contributed by atoms with Crippen molar-refractivity contribution in [2.24, 2.45) is 0 Å². The third kappa shape index (κ3) is 5.15. The van der Waals surface area contributed by atoms with Gasteiger partial charge in [0.15, 0.2) is 11.0 Å². The zero-order chi connectivity index (χ0) is 15.0. The molecule has 112 valence electrons. The van der Waals surface area contributed by atoms with Crippen LogP contribution in [0.3, 0.4) is 0 Å². The number of carboxylic acid groups (broad SMARTS) is 1. The first-order valence-electron chi connectivity index (χ1n) is 5.71. The Morgan fingerprint density at radius 2 is 2.20 bits per heavy atom. The molecule has 0 aromatic carbocycles. The first-order chi connectivity index (χ1) is 9.58. The number of nitrogens with zero attached hydrogens (tertiary/aromatic N) is 3. The van der Waals surface area contributed by atoms with Crippen LogP contribution < -0.4 is 5.32 Å². The van der Waals surface area contributed by atoms with E-state index in [0.717, 1.165) is 11.8 Å². The van der Waals surface area contributed by atoms with Gasteiger partial charge in [-0.3, -0.25) is 14.2 Å². The Morgan fingerprint density at radius 1 is 1.45 bits per heavy atom. The molecule has 0 atom stereocenters. The summed E-state index contributed by atoms with van der Waals surface area (Å²) in [5.41, 5.74) is 0. The van der Waals surface area contributed by atoms with E-state index >= 15 is 0 Å². The van der Waals surface area contributed by atoms with Crippen molar-refractivity contribution in [1.29, 1.82) is 0 Å². The molecule has 20 heavy (non-hydrogen) atoms. The number of carbonyl (C=O) groups excluding carboxylic acids is 1. The van der Waals surface area contributed by atoms with Crippen molar-refractivity contribution >= 4 is 23.6 Å². The van der Waals surface area contributed by atoms with Gasteiger partial charge in [-0.15, -0.1) is 10.2 Å². The highest BCUT2D eigenvalue weighted by molar-refractivity contribution is 7.99. The molecular formula is C10H16N4O5S. The lowest BCUT2D eigenvalue weighted by molar-refractivity contribution is -0.133. The number of nitrogens with one attached hydrogen (secondary N) is 1. The molecule has 0 unspecified atom stereocenters. The lowest BCUT2D eigenvalue weighted by Crippen LogP contribution is -2.31. The maximum absolute atomic E-state index is 11.7. The minimum Gasteiger partial charge on any atom is -0.481 e. The summed E-state index contributed by atoms with van der Waals surface area (Å²) in [4.78, 5) is 22.2. The number of hydrogen-bond acceptors (Lipinski definition) is 7. The summed E-state index contributed by atoms with van der Waals surface area (Å²) in [7, 11) is 1.52. The molecule has 1 rings (SSSR count). The van der Waals surface area contributed by atoms with Gasteiger partial charge in [0.05, 0.1) is 12.4 Å². The van der Waals surface area contributed by atoms with E-state index < -0.39 is 5.97 Å². The van der Waals surface area contributed by atoms with E-state index in [0.29, 0.717) is 13.2 Å². The maximum atomic E-state index is 11.7. The molecule has 1 aromatic heterocycles. The SMILES string of the molecule is COCCNC(=O)Cn1c(CO)nnc1SCC(=O)O. The molecule has 9 nitrogen and oxygen atoms in total. The molecule has 1 aromatic rings. The first kappa shape index (κ1) is 16.4. The number of aromatic nitrogens is 3. The van der Waals surface area contributed by atoms with Gasteiger partial charge in [-0.05, 0) is 0 Å². The van der Waals surface area contributed by atoms with Crippen LogP contribution in [0, 0.1) is 0 Å². The fraction of sp³-hybridized carbons (Fsp3) is 0.600. The number of carboxylic acids is 1. The van der Waals surface area contributed by atoms with Gasteiger partial charge in [0, 0.05) is 13.7 Å². The number of methoxy groups -OCH3 is 1. The number of amides is 1. The van der Waals surface area contributed by atoms with Gasteiger partial charge in [0.2, 0.25) is 5.91 Å². The minimum atomic E-state index is -1.00. The molecule has 10 heteroatoms. The second-order valence-corrected chi connectivity index (χ2v) is 4.61. The molecule has 0 radical (unpaired) electrons. The Labute approximate surface area is 119 Å². The third-order valence-electron chi connectivity index (χ3n) is 2.19. The number of aliphatic hydroxyl groups excluding tert-OH is 1. The lowest BCUT2D eigenvalue weighted by Gasteiger charge is -2.09. The molecular weight excluding hydrogens is 288 g/mol. The summed E-state index contributed by atoms with van der Waals surface area (Å²) in [5, 5.41) is 28.1. The Balaban J connectivity index is 2.67. The van der Waals surface area contributed by atoms with Crippen molar-refractivity contribution < 1.29 is 24.5 Å². The second-order valence-electron chi connectivity index (χ2n) is 3.67. The largest absolute Gasteiger partial charge is 0.481 e. The van der Waals surface area contributed by atoms with E-state index in [9.17, 15) is 9.59 Å². The molecule has 0 saturated carbocycles. The normalized spacial score (nSPS) is 10.5.